The lowest BCUT2D eigenvalue weighted by molar-refractivity contribution is 0.332. The van der Waals surface area contributed by atoms with E-state index in [1.54, 1.807) is 6.07 Å². The molecule has 4 nitrogen and oxygen atoms in total. The van der Waals surface area contributed by atoms with E-state index in [0.717, 1.165) is 48.8 Å². The molecule has 0 saturated heterocycles. The van der Waals surface area contributed by atoms with Crippen LogP contribution in [0.25, 0.3) is 11.1 Å². The van der Waals surface area contributed by atoms with E-state index < -0.39 is 0 Å². The first-order valence-corrected chi connectivity index (χ1v) is 8.59. The van der Waals surface area contributed by atoms with E-state index in [-0.39, 0.29) is 11.5 Å². The SMILES string of the molecule is COc1c2cc(c(O)c1OC)CCCC/C=C\Cc1ccc(O)c-2c1. The van der Waals surface area contributed by atoms with E-state index >= 15 is 0 Å². The van der Waals surface area contributed by atoms with E-state index in [9.17, 15) is 10.2 Å². The molecule has 0 fully saturated rings. The van der Waals surface area contributed by atoms with Gasteiger partial charge in [-0.1, -0.05) is 18.2 Å². The molecule has 0 atom stereocenters. The van der Waals surface area contributed by atoms with Crippen LogP contribution in [0, 0.1) is 0 Å². The zero-order valence-corrected chi connectivity index (χ0v) is 14.7. The zero-order valence-electron chi connectivity index (χ0n) is 14.7. The Morgan fingerprint density at radius 3 is 2.44 bits per heavy atom. The second-order valence-corrected chi connectivity index (χ2v) is 6.27. The second-order valence-electron chi connectivity index (χ2n) is 6.27. The Morgan fingerprint density at radius 1 is 0.880 bits per heavy atom. The number of aromatic hydroxyl groups is 2. The number of phenols is 2. The Balaban J connectivity index is 2.26. The Labute approximate surface area is 148 Å². The maximum Gasteiger partial charge on any atom is 0.203 e. The van der Waals surface area contributed by atoms with Gasteiger partial charge in [0.15, 0.2) is 11.5 Å². The number of phenolic OH excluding ortho intramolecular Hbond substituents is 2. The largest absolute Gasteiger partial charge is 0.507 e. The molecule has 3 rings (SSSR count). The maximum absolute atomic E-state index is 10.6. The van der Waals surface area contributed by atoms with Crippen molar-refractivity contribution in [1.82, 2.24) is 0 Å². The highest BCUT2D eigenvalue weighted by atomic mass is 16.5. The number of aryl methyl sites for hydroxylation is 1. The Hall–Kier alpha value is -2.62. The molecular weight excluding hydrogens is 316 g/mol. The summed E-state index contributed by atoms with van der Waals surface area (Å²) in [6.07, 6.45) is 8.97. The third-order valence-corrected chi connectivity index (χ3v) is 4.64. The van der Waals surface area contributed by atoms with Crippen molar-refractivity contribution in [2.45, 2.75) is 32.1 Å². The van der Waals surface area contributed by atoms with Crippen LogP contribution in [0.1, 0.15) is 30.4 Å². The third kappa shape index (κ3) is 3.43. The zero-order chi connectivity index (χ0) is 17.8. The van der Waals surface area contributed by atoms with Crippen LogP contribution in [0.3, 0.4) is 0 Å². The lowest BCUT2D eigenvalue weighted by Crippen LogP contribution is -1.98. The fourth-order valence-corrected chi connectivity index (χ4v) is 3.31. The summed E-state index contributed by atoms with van der Waals surface area (Å²) in [6, 6.07) is 7.50. The number of methoxy groups -OCH3 is 2. The molecule has 1 aliphatic carbocycles. The standard InChI is InChI=1S/C21H24O4/c1-24-20-17-13-15(19(23)21(20)25-2)9-7-5-3-4-6-8-14-10-11-18(22)16(17)12-14/h4,6,10-13,22-23H,3,5,7-9H2,1-2H3/b6-4-. The Kier molecular flexibility index (Phi) is 5.17. The minimum absolute atomic E-state index is 0.115. The first-order valence-electron chi connectivity index (χ1n) is 8.59. The van der Waals surface area contributed by atoms with Gasteiger partial charge in [0.2, 0.25) is 5.75 Å². The molecule has 0 heterocycles. The first-order chi connectivity index (χ1) is 12.2. The van der Waals surface area contributed by atoms with Crippen LogP contribution in [-0.2, 0) is 12.8 Å². The van der Waals surface area contributed by atoms with Gasteiger partial charge in [-0.2, -0.15) is 0 Å². The van der Waals surface area contributed by atoms with Gasteiger partial charge < -0.3 is 19.7 Å². The van der Waals surface area contributed by atoms with Crippen molar-refractivity contribution in [1.29, 1.82) is 0 Å². The van der Waals surface area contributed by atoms with Crippen molar-refractivity contribution in [2.75, 3.05) is 14.2 Å². The summed E-state index contributed by atoms with van der Waals surface area (Å²) in [5.74, 6) is 1.04. The molecule has 0 amide bonds. The van der Waals surface area contributed by atoms with Crippen molar-refractivity contribution >= 4 is 0 Å². The lowest BCUT2D eigenvalue weighted by atomic mass is 9.95. The number of hydrogen-bond acceptors (Lipinski definition) is 4. The smallest absolute Gasteiger partial charge is 0.203 e. The molecule has 0 unspecified atom stereocenters. The monoisotopic (exact) mass is 340 g/mol. The van der Waals surface area contributed by atoms with Gasteiger partial charge in [0, 0.05) is 11.1 Å². The van der Waals surface area contributed by atoms with Gasteiger partial charge in [0.1, 0.15) is 5.75 Å². The summed E-state index contributed by atoms with van der Waals surface area (Å²) in [4.78, 5) is 0. The van der Waals surface area contributed by atoms with Crippen molar-refractivity contribution in [3.63, 3.8) is 0 Å². The van der Waals surface area contributed by atoms with Crippen molar-refractivity contribution in [3.05, 3.63) is 47.5 Å². The van der Waals surface area contributed by atoms with Gasteiger partial charge in [-0.25, -0.2) is 0 Å². The minimum Gasteiger partial charge on any atom is -0.507 e. The highest BCUT2D eigenvalue weighted by Gasteiger charge is 2.22. The average molecular weight is 340 g/mol. The molecule has 0 aliphatic heterocycles. The van der Waals surface area contributed by atoms with E-state index in [4.69, 9.17) is 9.47 Å². The van der Waals surface area contributed by atoms with Gasteiger partial charge in [-0.15, -0.1) is 0 Å². The van der Waals surface area contributed by atoms with Crippen molar-refractivity contribution in [3.8, 4) is 34.1 Å². The van der Waals surface area contributed by atoms with Gasteiger partial charge in [0.25, 0.3) is 0 Å². The average Bonchev–Trinajstić information content (AvgIpc) is 2.63. The number of fused-ring (bicyclic) bond motifs is 5. The highest BCUT2D eigenvalue weighted by molar-refractivity contribution is 5.81. The van der Waals surface area contributed by atoms with Gasteiger partial charge in [0.05, 0.1) is 14.2 Å². The summed E-state index contributed by atoms with van der Waals surface area (Å²) in [6.45, 7) is 0. The molecule has 0 spiro atoms. The number of hydrogen-bond donors (Lipinski definition) is 2. The van der Waals surface area contributed by atoms with Crippen molar-refractivity contribution in [2.24, 2.45) is 0 Å². The van der Waals surface area contributed by atoms with Crippen LogP contribution >= 0.6 is 0 Å². The van der Waals surface area contributed by atoms with E-state index in [2.05, 4.69) is 12.2 Å². The summed E-state index contributed by atoms with van der Waals surface area (Å²) in [5.41, 5.74) is 3.33. The van der Waals surface area contributed by atoms with Crippen LogP contribution in [0.4, 0.5) is 0 Å². The summed E-state index contributed by atoms with van der Waals surface area (Å²) >= 11 is 0. The summed E-state index contributed by atoms with van der Waals surface area (Å²) in [7, 11) is 3.05. The van der Waals surface area contributed by atoms with Gasteiger partial charge >= 0.3 is 0 Å². The molecule has 2 aromatic rings. The Bertz CT molecular complexity index is 793. The molecule has 4 bridgehead atoms. The van der Waals surface area contributed by atoms with Crippen LogP contribution in [-0.4, -0.2) is 24.4 Å². The van der Waals surface area contributed by atoms with Crippen LogP contribution in [0.2, 0.25) is 0 Å². The molecule has 1 aliphatic rings. The highest BCUT2D eigenvalue weighted by Crippen LogP contribution is 2.48. The Morgan fingerprint density at radius 2 is 1.68 bits per heavy atom. The van der Waals surface area contributed by atoms with Crippen molar-refractivity contribution < 1.29 is 19.7 Å². The molecule has 2 N–H and O–H groups in total. The van der Waals surface area contributed by atoms with E-state index in [0.29, 0.717) is 17.1 Å². The van der Waals surface area contributed by atoms with Gasteiger partial charge in [-0.3, -0.25) is 0 Å². The normalized spacial score (nSPS) is 15.4. The molecule has 0 saturated carbocycles. The van der Waals surface area contributed by atoms with Crippen LogP contribution < -0.4 is 9.47 Å². The second kappa shape index (κ2) is 7.51. The van der Waals surface area contributed by atoms with Gasteiger partial charge in [-0.05, 0) is 61.4 Å². The van der Waals surface area contributed by atoms with E-state index in [1.165, 1.54) is 14.2 Å². The lowest BCUT2D eigenvalue weighted by Gasteiger charge is -2.18. The molecule has 2 aromatic carbocycles. The van der Waals surface area contributed by atoms with E-state index in [1.807, 2.05) is 18.2 Å². The van der Waals surface area contributed by atoms with Crippen LogP contribution in [0.5, 0.6) is 23.0 Å². The maximum atomic E-state index is 10.6. The number of rotatable bonds is 2. The topological polar surface area (TPSA) is 58.9 Å². The molecule has 4 heteroatoms. The number of allylic oxidation sites excluding steroid dienone is 2. The predicted octanol–water partition coefficient (Wildman–Crippen LogP) is 4.61. The summed E-state index contributed by atoms with van der Waals surface area (Å²) < 4.78 is 10.9. The quantitative estimate of drug-likeness (QED) is 0.784. The van der Waals surface area contributed by atoms with Crippen LogP contribution in [0.15, 0.2) is 36.4 Å². The number of benzene rings is 2. The molecule has 0 aromatic heterocycles. The first kappa shape index (κ1) is 17.2. The molecule has 0 radical (unpaired) electrons. The summed E-state index contributed by atoms with van der Waals surface area (Å²) in [5, 5.41) is 21.0. The third-order valence-electron chi connectivity index (χ3n) is 4.64. The predicted molar refractivity (Wildman–Crippen MR) is 98.7 cm³/mol. The molecular formula is C21H24O4. The minimum atomic E-state index is 0.115. The molecule has 25 heavy (non-hydrogen) atoms. The number of ether oxygens (including phenoxy) is 2. The fraction of sp³-hybridized carbons (Fsp3) is 0.333. The molecule has 132 valence electrons. The fourth-order valence-electron chi connectivity index (χ4n) is 3.31.